The van der Waals surface area contributed by atoms with Gasteiger partial charge in [0.15, 0.2) is 5.13 Å². The highest BCUT2D eigenvalue weighted by atomic mass is 32.1. The monoisotopic (exact) mass is 195 g/mol. The van der Waals surface area contributed by atoms with Crippen LogP contribution in [0.4, 0.5) is 0 Å². The fraction of sp³-hybridized carbons (Fsp3) is 0.333. The normalized spacial score (nSPS) is 9.15. The van der Waals surface area contributed by atoms with E-state index in [9.17, 15) is 0 Å². The Labute approximate surface area is 82.1 Å². The van der Waals surface area contributed by atoms with E-state index in [-0.39, 0.29) is 0 Å². The summed E-state index contributed by atoms with van der Waals surface area (Å²) < 4.78 is 1.90. The molecule has 0 aliphatic rings. The summed E-state index contributed by atoms with van der Waals surface area (Å²) >= 11 is 1.62. The lowest BCUT2D eigenvalue weighted by Crippen LogP contribution is -1.87. The summed E-state index contributed by atoms with van der Waals surface area (Å²) in [7, 11) is 0. The number of aromatic nitrogens is 3. The second-order valence-electron chi connectivity index (χ2n) is 2.24. The second kappa shape index (κ2) is 4.77. The molecule has 0 aliphatic heterocycles. The smallest absolute Gasteiger partial charge is 0.194 e. The minimum Gasteiger partial charge on any atom is -0.282 e. The summed E-state index contributed by atoms with van der Waals surface area (Å²) in [5.74, 6) is 0. The zero-order chi connectivity index (χ0) is 9.68. The van der Waals surface area contributed by atoms with Crippen molar-refractivity contribution in [1.82, 2.24) is 14.5 Å². The minimum atomic E-state index is 0.972. The van der Waals surface area contributed by atoms with Gasteiger partial charge in [-0.3, -0.25) is 4.57 Å². The molecule has 0 saturated heterocycles. The first-order valence-corrected chi connectivity index (χ1v) is 5.15. The van der Waals surface area contributed by atoms with Crippen molar-refractivity contribution in [2.45, 2.75) is 20.8 Å². The summed E-state index contributed by atoms with van der Waals surface area (Å²) in [4.78, 5) is 8.23. The molecular formula is C9H13N3S. The van der Waals surface area contributed by atoms with Gasteiger partial charge in [-0.15, -0.1) is 11.3 Å². The first-order chi connectivity index (χ1) is 6.36. The molecule has 0 unspecified atom stereocenters. The van der Waals surface area contributed by atoms with E-state index in [0.717, 1.165) is 10.8 Å². The Balaban J connectivity index is 0.000000396. The lowest BCUT2D eigenvalue weighted by Gasteiger charge is -1.91. The SMILES string of the molecule is CC.Cc1csc(-n2ccnc2)n1. The van der Waals surface area contributed by atoms with Crippen molar-refractivity contribution in [3.63, 3.8) is 0 Å². The predicted octanol–water partition coefficient (Wildman–Crippen LogP) is 2.66. The van der Waals surface area contributed by atoms with Crippen LogP contribution in [0.1, 0.15) is 19.5 Å². The van der Waals surface area contributed by atoms with Crippen molar-refractivity contribution in [3.8, 4) is 5.13 Å². The van der Waals surface area contributed by atoms with Gasteiger partial charge in [0.05, 0.1) is 5.69 Å². The van der Waals surface area contributed by atoms with Gasteiger partial charge in [-0.1, -0.05) is 13.8 Å². The molecule has 2 rings (SSSR count). The number of aryl methyl sites for hydroxylation is 1. The third-order valence-electron chi connectivity index (χ3n) is 1.33. The van der Waals surface area contributed by atoms with Crippen LogP contribution in [-0.4, -0.2) is 14.5 Å². The summed E-state index contributed by atoms with van der Waals surface area (Å²) in [6, 6.07) is 0. The van der Waals surface area contributed by atoms with E-state index in [0.29, 0.717) is 0 Å². The molecule has 0 aromatic carbocycles. The van der Waals surface area contributed by atoms with E-state index in [1.807, 2.05) is 36.9 Å². The molecule has 0 aliphatic carbocycles. The van der Waals surface area contributed by atoms with Crippen molar-refractivity contribution in [1.29, 1.82) is 0 Å². The van der Waals surface area contributed by atoms with E-state index < -0.39 is 0 Å². The highest BCUT2D eigenvalue weighted by Gasteiger charge is 1.98. The van der Waals surface area contributed by atoms with Gasteiger partial charge in [-0.05, 0) is 6.92 Å². The minimum absolute atomic E-state index is 0.972. The molecular weight excluding hydrogens is 182 g/mol. The van der Waals surface area contributed by atoms with Crippen LogP contribution in [0.2, 0.25) is 0 Å². The summed E-state index contributed by atoms with van der Waals surface area (Å²) in [6.07, 6.45) is 5.38. The van der Waals surface area contributed by atoms with Crippen molar-refractivity contribution in [3.05, 3.63) is 29.8 Å². The first kappa shape index (κ1) is 9.92. The topological polar surface area (TPSA) is 30.7 Å². The summed E-state index contributed by atoms with van der Waals surface area (Å²) in [5, 5.41) is 3.00. The number of thiazole rings is 1. The fourth-order valence-electron chi connectivity index (χ4n) is 0.832. The highest BCUT2D eigenvalue weighted by molar-refractivity contribution is 7.12. The third-order valence-corrected chi connectivity index (χ3v) is 2.30. The van der Waals surface area contributed by atoms with Gasteiger partial charge in [0.2, 0.25) is 0 Å². The zero-order valence-electron chi connectivity index (χ0n) is 8.06. The largest absolute Gasteiger partial charge is 0.282 e. The summed E-state index contributed by atoms with van der Waals surface area (Å²) in [6.45, 7) is 5.98. The quantitative estimate of drug-likeness (QED) is 0.700. The van der Waals surface area contributed by atoms with Crippen LogP contribution in [0.15, 0.2) is 24.1 Å². The second-order valence-corrected chi connectivity index (χ2v) is 3.08. The molecule has 0 spiro atoms. The number of imidazole rings is 1. The average molecular weight is 195 g/mol. The zero-order valence-corrected chi connectivity index (χ0v) is 8.88. The lowest BCUT2D eigenvalue weighted by atomic mass is 10.6. The van der Waals surface area contributed by atoms with Crippen molar-refractivity contribution < 1.29 is 0 Å². The van der Waals surface area contributed by atoms with Crippen molar-refractivity contribution in [2.75, 3.05) is 0 Å². The van der Waals surface area contributed by atoms with E-state index in [1.54, 1.807) is 23.9 Å². The number of nitrogens with zero attached hydrogens (tertiary/aromatic N) is 3. The Hall–Kier alpha value is -1.16. The molecule has 4 heteroatoms. The standard InChI is InChI=1S/C7H7N3S.C2H6/c1-6-4-11-7(9-6)10-3-2-8-5-10;1-2/h2-5H,1H3;1-2H3. The molecule has 13 heavy (non-hydrogen) atoms. The Morgan fingerprint density at radius 1 is 1.38 bits per heavy atom. The lowest BCUT2D eigenvalue weighted by molar-refractivity contribution is 1.02. The van der Waals surface area contributed by atoms with Gasteiger partial charge in [-0.25, -0.2) is 9.97 Å². The van der Waals surface area contributed by atoms with E-state index in [4.69, 9.17) is 0 Å². The Kier molecular flexibility index (Phi) is 3.64. The molecule has 0 amide bonds. The first-order valence-electron chi connectivity index (χ1n) is 4.27. The van der Waals surface area contributed by atoms with Crippen LogP contribution >= 0.6 is 11.3 Å². The number of hydrogen-bond donors (Lipinski definition) is 0. The molecule has 2 heterocycles. The molecule has 0 N–H and O–H groups in total. The van der Waals surface area contributed by atoms with Crippen molar-refractivity contribution in [2.24, 2.45) is 0 Å². The van der Waals surface area contributed by atoms with Gasteiger partial charge in [0, 0.05) is 17.8 Å². The molecule has 0 saturated carbocycles. The molecule has 0 fully saturated rings. The summed E-state index contributed by atoms with van der Waals surface area (Å²) in [5.41, 5.74) is 1.05. The van der Waals surface area contributed by atoms with Crippen LogP contribution in [0, 0.1) is 6.92 Å². The maximum Gasteiger partial charge on any atom is 0.194 e. The molecule has 70 valence electrons. The van der Waals surface area contributed by atoms with E-state index in [2.05, 4.69) is 9.97 Å². The average Bonchev–Trinajstić information content (AvgIpc) is 2.77. The Morgan fingerprint density at radius 2 is 2.15 bits per heavy atom. The van der Waals surface area contributed by atoms with Gasteiger partial charge in [-0.2, -0.15) is 0 Å². The van der Waals surface area contributed by atoms with Crippen LogP contribution in [-0.2, 0) is 0 Å². The molecule has 2 aromatic heterocycles. The third kappa shape index (κ3) is 2.39. The van der Waals surface area contributed by atoms with Crippen LogP contribution in [0.3, 0.4) is 0 Å². The van der Waals surface area contributed by atoms with Gasteiger partial charge in [0.1, 0.15) is 6.33 Å². The molecule has 3 nitrogen and oxygen atoms in total. The highest BCUT2D eigenvalue weighted by Crippen LogP contribution is 2.12. The Bertz CT molecular complexity index is 337. The van der Waals surface area contributed by atoms with Gasteiger partial charge in [0.25, 0.3) is 0 Å². The van der Waals surface area contributed by atoms with Crippen LogP contribution < -0.4 is 0 Å². The maximum atomic E-state index is 4.29. The fourth-order valence-corrected chi connectivity index (χ4v) is 1.59. The molecule has 0 atom stereocenters. The van der Waals surface area contributed by atoms with Crippen LogP contribution in [0.25, 0.3) is 5.13 Å². The number of hydrogen-bond acceptors (Lipinski definition) is 3. The van der Waals surface area contributed by atoms with Crippen molar-refractivity contribution >= 4 is 11.3 Å². The predicted molar refractivity (Wildman–Crippen MR) is 55.3 cm³/mol. The number of rotatable bonds is 1. The molecule has 0 bridgehead atoms. The van der Waals surface area contributed by atoms with E-state index >= 15 is 0 Å². The molecule has 2 aromatic rings. The maximum absolute atomic E-state index is 4.29. The van der Waals surface area contributed by atoms with Gasteiger partial charge >= 0.3 is 0 Å². The van der Waals surface area contributed by atoms with Crippen LogP contribution in [0.5, 0.6) is 0 Å². The van der Waals surface area contributed by atoms with E-state index in [1.165, 1.54) is 0 Å². The molecule has 0 radical (unpaired) electrons. The van der Waals surface area contributed by atoms with Gasteiger partial charge < -0.3 is 0 Å². The Morgan fingerprint density at radius 3 is 2.62 bits per heavy atom.